The van der Waals surface area contributed by atoms with Crippen LogP contribution in [0.2, 0.25) is 0 Å². The molecule has 2 rings (SSSR count). The minimum Gasteiger partial charge on any atom is -0.377 e. The molecule has 0 aliphatic carbocycles. The highest BCUT2D eigenvalue weighted by Gasteiger charge is 2.14. The van der Waals surface area contributed by atoms with Crippen molar-refractivity contribution in [2.45, 2.75) is 13.5 Å². The number of para-hydroxylation sites is 1. The van der Waals surface area contributed by atoms with Crippen LogP contribution in [0.1, 0.15) is 5.56 Å². The van der Waals surface area contributed by atoms with E-state index in [1.54, 1.807) is 18.6 Å². The van der Waals surface area contributed by atoms with Gasteiger partial charge in [0.25, 0.3) is 5.69 Å². The lowest BCUT2D eigenvalue weighted by molar-refractivity contribution is -0.384. The Kier molecular flexibility index (Phi) is 3.57. The van der Waals surface area contributed by atoms with Gasteiger partial charge in [0.1, 0.15) is 5.69 Å². The highest BCUT2D eigenvalue weighted by molar-refractivity contribution is 5.65. The number of hydrogen-bond donors (Lipinski definition) is 1. The Morgan fingerprint density at radius 2 is 2.33 bits per heavy atom. The van der Waals surface area contributed by atoms with Crippen LogP contribution in [0.5, 0.6) is 0 Å². The van der Waals surface area contributed by atoms with E-state index in [4.69, 9.17) is 0 Å². The highest BCUT2D eigenvalue weighted by Crippen LogP contribution is 2.27. The molecule has 1 aromatic carbocycles. The average Bonchev–Trinajstić information content (AvgIpc) is 2.84. The van der Waals surface area contributed by atoms with Crippen molar-refractivity contribution in [1.82, 2.24) is 9.55 Å². The molecule has 0 aliphatic heterocycles. The first-order valence-electron chi connectivity index (χ1n) is 5.62. The van der Waals surface area contributed by atoms with E-state index in [-0.39, 0.29) is 10.6 Å². The van der Waals surface area contributed by atoms with Crippen molar-refractivity contribution in [3.63, 3.8) is 0 Å². The number of nitro groups is 1. The third kappa shape index (κ3) is 2.65. The maximum atomic E-state index is 10.9. The minimum atomic E-state index is -0.369. The lowest BCUT2D eigenvalue weighted by atomic mass is 10.1. The number of aryl methyl sites for hydroxylation is 1. The summed E-state index contributed by atoms with van der Waals surface area (Å²) in [4.78, 5) is 14.5. The van der Waals surface area contributed by atoms with Gasteiger partial charge >= 0.3 is 0 Å². The monoisotopic (exact) mass is 246 g/mol. The summed E-state index contributed by atoms with van der Waals surface area (Å²) in [7, 11) is 0. The van der Waals surface area contributed by atoms with Crippen LogP contribution in [0.3, 0.4) is 0 Å². The number of aromatic nitrogens is 2. The minimum absolute atomic E-state index is 0.112. The number of nitrogens with one attached hydrogen (secondary N) is 1. The Bertz CT molecular complexity index is 537. The number of rotatable bonds is 5. The zero-order valence-corrected chi connectivity index (χ0v) is 10.0. The third-order valence-electron chi connectivity index (χ3n) is 2.68. The Morgan fingerprint density at radius 3 is 3.00 bits per heavy atom. The lowest BCUT2D eigenvalue weighted by Gasteiger charge is -2.10. The summed E-state index contributed by atoms with van der Waals surface area (Å²) < 4.78 is 1.91. The van der Waals surface area contributed by atoms with Crippen LogP contribution in [0, 0.1) is 17.0 Å². The molecule has 0 fully saturated rings. The van der Waals surface area contributed by atoms with Crippen LogP contribution in [0.4, 0.5) is 11.4 Å². The summed E-state index contributed by atoms with van der Waals surface area (Å²) in [6.07, 6.45) is 5.28. The Balaban J connectivity index is 2.06. The van der Waals surface area contributed by atoms with E-state index in [0.29, 0.717) is 18.8 Å². The van der Waals surface area contributed by atoms with E-state index >= 15 is 0 Å². The molecule has 94 valence electrons. The van der Waals surface area contributed by atoms with Crippen molar-refractivity contribution in [3.05, 3.63) is 52.6 Å². The molecule has 0 spiro atoms. The first-order chi connectivity index (χ1) is 8.68. The fourth-order valence-electron chi connectivity index (χ4n) is 1.76. The fourth-order valence-corrected chi connectivity index (χ4v) is 1.76. The van der Waals surface area contributed by atoms with Crippen LogP contribution in [-0.2, 0) is 6.54 Å². The molecule has 6 heteroatoms. The summed E-state index contributed by atoms with van der Waals surface area (Å²) in [5, 5.41) is 14.0. The van der Waals surface area contributed by atoms with Gasteiger partial charge in [0.2, 0.25) is 0 Å². The van der Waals surface area contributed by atoms with Crippen LogP contribution in [-0.4, -0.2) is 21.0 Å². The smallest absolute Gasteiger partial charge is 0.292 e. The summed E-state index contributed by atoms with van der Waals surface area (Å²) in [6, 6.07) is 5.05. The molecule has 0 aliphatic rings. The molecule has 0 saturated carbocycles. The van der Waals surface area contributed by atoms with Crippen molar-refractivity contribution in [3.8, 4) is 0 Å². The quantitative estimate of drug-likeness (QED) is 0.648. The zero-order valence-electron chi connectivity index (χ0n) is 10.0. The molecule has 0 saturated heterocycles. The van der Waals surface area contributed by atoms with Gasteiger partial charge in [-0.05, 0) is 12.5 Å². The second kappa shape index (κ2) is 5.31. The molecular formula is C12H14N4O2. The standard InChI is InChI=1S/C12H14N4O2/c1-10-3-2-4-11(16(17)18)12(10)14-6-8-15-7-5-13-9-15/h2-5,7,9,14H,6,8H2,1H3. The van der Waals surface area contributed by atoms with Crippen LogP contribution in [0.25, 0.3) is 0 Å². The average molecular weight is 246 g/mol. The Labute approximate surface area is 104 Å². The van der Waals surface area contributed by atoms with Crippen LogP contribution >= 0.6 is 0 Å². The van der Waals surface area contributed by atoms with E-state index in [9.17, 15) is 10.1 Å². The molecule has 6 nitrogen and oxygen atoms in total. The first kappa shape index (κ1) is 12.1. The zero-order chi connectivity index (χ0) is 13.0. The van der Waals surface area contributed by atoms with Crippen LogP contribution < -0.4 is 5.32 Å². The molecule has 1 N–H and O–H groups in total. The van der Waals surface area contributed by atoms with Crippen LogP contribution in [0.15, 0.2) is 36.9 Å². The maximum Gasteiger partial charge on any atom is 0.292 e. The predicted octanol–water partition coefficient (Wildman–Crippen LogP) is 2.21. The van der Waals surface area contributed by atoms with Gasteiger partial charge in [-0.3, -0.25) is 10.1 Å². The Morgan fingerprint density at radius 1 is 1.50 bits per heavy atom. The van der Waals surface area contributed by atoms with E-state index in [1.807, 2.05) is 23.8 Å². The number of hydrogen-bond acceptors (Lipinski definition) is 4. The Hall–Kier alpha value is -2.37. The van der Waals surface area contributed by atoms with E-state index in [2.05, 4.69) is 10.3 Å². The molecule has 18 heavy (non-hydrogen) atoms. The fraction of sp³-hybridized carbons (Fsp3) is 0.250. The summed E-state index contributed by atoms with van der Waals surface area (Å²) in [6.45, 7) is 3.18. The SMILES string of the molecule is Cc1cccc([N+](=O)[O-])c1NCCn1ccnc1. The summed E-state index contributed by atoms with van der Waals surface area (Å²) >= 11 is 0. The largest absolute Gasteiger partial charge is 0.377 e. The molecule has 0 atom stereocenters. The molecule has 1 heterocycles. The van der Waals surface area contributed by atoms with Crippen molar-refractivity contribution in [1.29, 1.82) is 0 Å². The number of nitrogens with zero attached hydrogens (tertiary/aromatic N) is 3. The van der Waals surface area contributed by atoms with Gasteiger partial charge in [-0.25, -0.2) is 4.98 Å². The summed E-state index contributed by atoms with van der Waals surface area (Å²) in [5.74, 6) is 0. The molecule has 0 amide bonds. The summed E-state index contributed by atoms with van der Waals surface area (Å²) in [5.41, 5.74) is 1.57. The second-order valence-corrected chi connectivity index (χ2v) is 3.95. The molecule has 0 unspecified atom stereocenters. The number of nitro benzene ring substituents is 1. The van der Waals surface area contributed by atoms with Gasteiger partial charge in [-0.2, -0.15) is 0 Å². The third-order valence-corrected chi connectivity index (χ3v) is 2.68. The van der Waals surface area contributed by atoms with E-state index < -0.39 is 0 Å². The van der Waals surface area contributed by atoms with Gasteiger partial charge in [0.05, 0.1) is 11.3 Å². The van der Waals surface area contributed by atoms with Gasteiger partial charge in [-0.15, -0.1) is 0 Å². The van der Waals surface area contributed by atoms with Gasteiger partial charge in [-0.1, -0.05) is 12.1 Å². The highest BCUT2D eigenvalue weighted by atomic mass is 16.6. The maximum absolute atomic E-state index is 10.9. The first-order valence-corrected chi connectivity index (χ1v) is 5.62. The van der Waals surface area contributed by atoms with E-state index in [1.165, 1.54) is 6.07 Å². The second-order valence-electron chi connectivity index (χ2n) is 3.95. The van der Waals surface area contributed by atoms with Crippen molar-refractivity contribution < 1.29 is 4.92 Å². The number of anilines is 1. The van der Waals surface area contributed by atoms with Crippen molar-refractivity contribution in [2.24, 2.45) is 0 Å². The molecule has 2 aromatic rings. The predicted molar refractivity (Wildman–Crippen MR) is 68.6 cm³/mol. The van der Waals surface area contributed by atoms with Gasteiger partial charge in [0, 0.05) is 31.5 Å². The molecule has 1 aromatic heterocycles. The van der Waals surface area contributed by atoms with Gasteiger partial charge in [0.15, 0.2) is 0 Å². The topological polar surface area (TPSA) is 73.0 Å². The molecule has 0 bridgehead atoms. The lowest BCUT2D eigenvalue weighted by Crippen LogP contribution is -2.11. The molecular weight excluding hydrogens is 232 g/mol. The molecule has 0 radical (unpaired) electrons. The van der Waals surface area contributed by atoms with Crippen molar-refractivity contribution >= 4 is 11.4 Å². The normalized spacial score (nSPS) is 10.3. The van der Waals surface area contributed by atoms with E-state index in [0.717, 1.165) is 5.56 Å². The number of imidazole rings is 1. The van der Waals surface area contributed by atoms with Crippen molar-refractivity contribution in [2.75, 3.05) is 11.9 Å². The van der Waals surface area contributed by atoms with Gasteiger partial charge < -0.3 is 9.88 Å². The number of benzene rings is 1.